The van der Waals surface area contributed by atoms with Gasteiger partial charge in [-0.1, -0.05) is 6.07 Å². The van der Waals surface area contributed by atoms with Gasteiger partial charge in [0.15, 0.2) is 0 Å². The Morgan fingerprint density at radius 3 is 2.64 bits per heavy atom. The second kappa shape index (κ2) is 8.39. The summed E-state index contributed by atoms with van der Waals surface area (Å²) in [6.07, 6.45) is 3.40. The van der Waals surface area contributed by atoms with Crippen LogP contribution < -0.4 is 15.2 Å². The molecule has 0 spiro atoms. The highest BCUT2D eigenvalue weighted by molar-refractivity contribution is 5.49. The van der Waals surface area contributed by atoms with Crippen molar-refractivity contribution in [2.24, 2.45) is 5.73 Å². The minimum atomic E-state index is 0.360. The molecular weight excluding hydrogens is 276 g/mol. The zero-order valence-electron chi connectivity index (χ0n) is 14.2. The van der Waals surface area contributed by atoms with Gasteiger partial charge in [-0.05, 0) is 59.2 Å². The molecule has 1 atom stereocenters. The van der Waals surface area contributed by atoms with Crippen molar-refractivity contribution in [1.29, 1.82) is 0 Å². The second-order valence-electron chi connectivity index (χ2n) is 6.01. The van der Waals surface area contributed by atoms with Gasteiger partial charge in [-0.15, -0.1) is 0 Å². The molecule has 0 saturated carbocycles. The number of nitrogens with two attached hydrogens (primary N) is 1. The molecule has 1 fully saturated rings. The van der Waals surface area contributed by atoms with E-state index in [9.17, 15) is 0 Å². The largest absolute Gasteiger partial charge is 0.493 e. The normalized spacial score (nSPS) is 19.7. The first-order valence-corrected chi connectivity index (χ1v) is 8.51. The van der Waals surface area contributed by atoms with Crippen molar-refractivity contribution in [2.75, 3.05) is 26.3 Å². The molecule has 0 unspecified atom stereocenters. The molecule has 2 rings (SSSR count). The van der Waals surface area contributed by atoms with E-state index in [0.29, 0.717) is 19.3 Å². The summed E-state index contributed by atoms with van der Waals surface area (Å²) < 4.78 is 11.6. The molecule has 4 nitrogen and oxygen atoms in total. The van der Waals surface area contributed by atoms with Crippen LogP contribution in [0.5, 0.6) is 11.5 Å². The SMILES string of the molecule is CCOc1ccc(CN2CCC[C@@H](N)CC2)c(OCC)c1C. The van der Waals surface area contributed by atoms with Gasteiger partial charge in [0.2, 0.25) is 0 Å². The molecule has 0 radical (unpaired) electrons. The van der Waals surface area contributed by atoms with Crippen LogP contribution >= 0.6 is 0 Å². The van der Waals surface area contributed by atoms with Crippen LogP contribution in [-0.2, 0) is 6.54 Å². The molecule has 1 saturated heterocycles. The minimum Gasteiger partial charge on any atom is -0.493 e. The lowest BCUT2D eigenvalue weighted by Crippen LogP contribution is -2.26. The van der Waals surface area contributed by atoms with Crippen molar-refractivity contribution < 1.29 is 9.47 Å². The standard InChI is InChI=1S/C18H30N2O2/c1-4-21-17-9-8-15(18(14(17)3)22-5-2)13-20-11-6-7-16(19)10-12-20/h8-9,16H,4-7,10-13,19H2,1-3H3/t16-/m1/s1. The summed E-state index contributed by atoms with van der Waals surface area (Å²) in [4.78, 5) is 2.49. The Morgan fingerprint density at radius 1 is 1.14 bits per heavy atom. The summed E-state index contributed by atoms with van der Waals surface area (Å²) in [6.45, 7) is 10.6. The van der Waals surface area contributed by atoms with Crippen LogP contribution in [-0.4, -0.2) is 37.2 Å². The summed E-state index contributed by atoms with van der Waals surface area (Å²) in [5.74, 6) is 1.91. The van der Waals surface area contributed by atoms with Crippen molar-refractivity contribution in [3.63, 3.8) is 0 Å². The first-order chi connectivity index (χ1) is 10.7. The molecule has 0 bridgehead atoms. The van der Waals surface area contributed by atoms with E-state index in [0.717, 1.165) is 49.5 Å². The van der Waals surface area contributed by atoms with Crippen molar-refractivity contribution in [1.82, 2.24) is 4.90 Å². The van der Waals surface area contributed by atoms with Crippen LogP contribution in [0.2, 0.25) is 0 Å². The van der Waals surface area contributed by atoms with Gasteiger partial charge in [-0.25, -0.2) is 0 Å². The number of ether oxygens (including phenoxy) is 2. The maximum atomic E-state index is 6.08. The predicted octanol–water partition coefficient (Wildman–Crippen LogP) is 3.11. The summed E-state index contributed by atoms with van der Waals surface area (Å²) in [6, 6.07) is 4.58. The summed E-state index contributed by atoms with van der Waals surface area (Å²) in [5.41, 5.74) is 8.43. The molecule has 22 heavy (non-hydrogen) atoms. The predicted molar refractivity (Wildman–Crippen MR) is 90.6 cm³/mol. The number of hydrogen-bond donors (Lipinski definition) is 1. The van der Waals surface area contributed by atoms with Crippen molar-refractivity contribution >= 4 is 0 Å². The van der Waals surface area contributed by atoms with Gasteiger partial charge >= 0.3 is 0 Å². The number of likely N-dealkylation sites (tertiary alicyclic amines) is 1. The maximum Gasteiger partial charge on any atom is 0.130 e. The molecule has 124 valence electrons. The summed E-state index contributed by atoms with van der Waals surface area (Å²) in [7, 11) is 0. The van der Waals surface area contributed by atoms with Crippen LogP contribution in [0.4, 0.5) is 0 Å². The number of nitrogens with zero attached hydrogens (tertiary/aromatic N) is 1. The van der Waals surface area contributed by atoms with E-state index >= 15 is 0 Å². The fourth-order valence-electron chi connectivity index (χ4n) is 3.09. The van der Waals surface area contributed by atoms with Crippen LogP contribution in [0.1, 0.15) is 44.2 Å². The van der Waals surface area contributed by atoms with E-state index in [4.69, 9.17) is 15.2 Å². The smallest absolute Gasteiger partial charge is 0.130 e. The van der Waals surface area contributed by atoms with Crippen LogP contribution in [0.25, 0.3) is 0 Å². The first kappa shape index (κ1) is 17.1. The van der Waals surface area contributed by atoms with Crippen LogP contribution in [0, 0.1) is 6.92 Å². The highest BCUT2D eigenvalue weighted by Gasteiger charge is 2.18. The fourth-order valence-corrected chi connectivity index (χ4v) is 3.09. The molecular formula is C18H30N2O2. The van der Waals surface area contributed by atoms with E-state index in [1.807, 2.05) is 13.8 Å². The number of rotatable bonds is 6. The quantitative estimate of drug-likeness (QED) is 0.877. The van der Waals surface area contributed by atoms with Gasteiger partial charge in [0.05, 0.1) is 13.2 Å². The van der Waals surface area contributed by atoms with E-state index in [1.165, 1.54) is 12.0 Å². The van der Waals surface area contributed by atoms with Gasteiger partial charge in [-0.2, -0.15) is 0 Å². The van der Waals surface area contributed by atoms with Crippen LogP contribution in [0.3, 0.4) is 0 Å². The Balaban J connectivity index is 2.16. The Hall–Kier alpha value is -1.26. The van der Waals surface area contributed by atoms with E-state index in [1.54, 1.807) is 0 Å². The molecule has 2 N–H and O–H groups in total. The monoisotopic (exact) mass is 306 g/mol. The third kappa shape index (κ3) is 4.37. The summed E-state index contributed by atoms with van der Waals surface area (Å²) >= 11 is 0. The van der Waals surface area contributed by atoms with E-state index < -0.39 is 0 Å². The highest BCUT2D eigenvalue weighted by atomic mass is 16.5. The molecule has 0 aliphatic carbocycles. The Bertz CT molecular complexity index is 476. The van der Waals surface area contributed by atoms with Crippen molar-refractivity contribution in [3.8, 4) is 11.5 Å². The van der Waals surface area contributed by atoms with E-state index in [-0.39, 0.29) is 0 Å². The molecule has 0 amide bonds. The Kier molecular flexibility index (Phi) is 6.52. The maximum absolute atomic E-state index is 6.08. The van der Waals surface area contributed by atoms with Gasteiger partial charge in [0.1, 0.15) is 11.5 Å². The number of hydrogen-bond acceptors (Lipinski definition) is 4. The molecule has 0 aromatic heterocycles. The fraction of sp³-hybridized carbons (Fsp3) is 0.667. The highest BCUT2D eigenvalue weighted by Crippen LogP contribution is 2.33. The average molecular weight is 306 g/mol. The lowest BCUT2D eigenvalue weighted by atomic mass is 10.1. The number of benzene rings is 1. The van der Waals surface area contributed by atoms with Crippen molar-refractivity contribution in [2.45, 2.75) is 52.6 Å². The van der Waals surface area contributed by atoms with Crippen molar-refractivity contribution in [3.05, 3.63) is 23.3 Å². The average Bonchev–Trinajstić information content (AvgIpc) is 2.71. The first-order valence-electron chi connectivity index (χ1n) is 8.51. The lowest BCUT2D eigenvalue weighted by Gasteiger charge is -2.23. The molecule has 1 aromatic rings. The summed E-state index contributed by atoms with van der Waals surface area (Å²) in [5, 5.41) is 0. The van der Waals surface area contributed by atoms with Gasteiger partial charge in [0.25, 0.3) is 0 Å². The zero-order chi connectivity index (χ0) is 15.9. The minimum absolute atomic E-state index is 0.360. The zero-order valence-corrected chi connectivity index (χ0v) is 14.2. The van der Waals surface area contributed by atoms with Gasteiger partial charge in [0, 0.05) is 23.7 Å². The third-order valence-electron chi connectivity index (χ3n) is 4.29. The Morgan fingerprint density at radius 2 is 1.91 bits per heavy atom. The molecule has 1 aromatic carbocycles. The molecule has 1 aliphatic heterocycles. The Labute approximate surface area is 134 Å². The molecule has 1 aliphatic rings. The van der Waals surface area contributed by atoms with Crippen LogP contribution in [0.15, 0.2) is 12.1 Å². The molecule has 4 heteroatoms. The van der Waals surface area contributed by atoms with Gasteiger partial charge in [-0.3, -0.25) is 4.90 Å². The topological polar surface area (TPSA) is 47.7 Å². The molecule has 1 heterocycles. The third-order valence-corrected chi connectivity index (χ3v) is 4.29. The second-order valence-corrected chi connectivity index (χ2v) is 6.01. The van der Waals surface area contributed by atoms with Gasteiger partial charge < -0.3 is 15.2 Å². The lowest BCUT2D eigenvalue weighted by molar-refractivity contribution is 0.264. The van der Waals surface area contributed by atoms with E-state index in [2.05, 4.69) is 24.0 Å².